The second kappa shape index (κ2) is 2.58. The molecule has 0 aromatic heterocycles. The van der Waals surface area contributed by atoms with Gasteiger partial charge in [-0.2, -0.15) is 0 Å². The van der Waals surface area contributed by atoms with E-state index in [1.807, 2.05) is 6.92 Å². The highest BCUT2D eigenvalue weighted by atomic mass is 16.4. The summed E-state index contributed by atoms with van der Waals surface area (Å²) in [6, 6.07) is 0.821. The molecule has 3 unspecified atom stereocenters. The van der Waals surface area contributed by atoms with Gasteiger partial charge in [0.05, 0.1) is 6.42 Å². The van der Waals surface area contributed by atoms with Crippen molar-refractivity contribution in [3.05, 3.63) is 0 Å². The highest BCUT2D eigenvalue weighted by Crippen LogP contribution is 2.21. The summed E-state index contributed by atoms with van der Waals surface area (Å²) in [6.45, 7) is 5.13. The van der Waals surface area contributed by atoms with E-state index in [-0.39, 0.29) is 12.5 Å². The van der Waals surface area contributed by atoms with Crippen LogP contribution in [0.2, 0.25) is 0 Å². The molecule has 0 aromatic carbocycles. The molecule has 3 nitrogen and oxygen atoms in total. The zero-order valence-electron chi connectivity index (χ0n) is 6.37. The standard InChI is InChI=1S/C7H13NO2/c1-5(3-7(9)10)8-4-6(8)2/h5-6H,3-4H2,1-2H3,(H,9,10). The summed E-state index contributed by atoms with van der Waals surface area (Å²) in [6.07, 6.45) is 0.268. The third-order valence-corrected chi connectivity index (χ3v) is 1.94. The molecule has 1 heterocycles. The number of hydrogen-bond acceptors (Lipinski definition) is 2. The number of carboxylic acid groups (broad SMARTS) is 1. The van der Waals surface area contributed by atoms with E-state index in [1.165, 1.54) is 0 Å². The van der Waals surface area contributed by atoms with Crippen LogP contribution in [0.15, 0.2) is 0 Å². The Morgan fingerprint density at radius 2 is 2.40 bits per heavy atom. The van der Waals surface area contributed by atoms with E-state index < -0.39 is 5.97 Å². The van der Waals surface area contributed by atoms with Crippen LogP contribution in [-0.2, 0) is 4.79 Å². The Labute approximate surface area is 60.6 Å². The lowest BCUT2D eigenvalue weighted by atomic mass is 10.2. The molecule has 0 aliphatic carbocycles. The average molecular weight is 143 g/mol. The normalized spacial score (nSPS) is 33.4. The van der Waals surface area contributed by atoms with Gasteiger partial charge >= 0.3 is 5.97 Å². The fourth-order valence-corrected chi connectivity index (χ4v) is 1.24. The smallest absolute Gasteiger partial charge is 0.304 e. The largest absolute Gasteiger partial charge is 0.481 e. The highest BCUT2D eigenvalue weighted by molar-refractivity contribution is 5.67. The van der Waals surface area contributed by atoms with Gasteiger partial charge in [0.25, 0.3) is 0 Å². The topological polar surface area (TPSA) is 40.3 Å². The van der Waals surface area contributed by atoms with Crippen LogP contribution in [0.1, 0.15) is 20.3 Å². The molecular weight excluding hydrogens is 130 g/mol. The Hall–Kier alpha value is -0.570. The summed E-state index contributed by atoms with van der Waals surface area (Å²) in [7, 11) is 0. The average Bonchev–Trinajstić information content (AvgIpc) is 2.44. The van der Waals surface area contributed by atoms with Crippen molar-refractivity contribution in [3.8, 4) is 0 Å². The maximum Gasteiger partial charge on any atom is 0.304 e. The van der Waals surface area contributed by atoms with Crippen molar-refractivity contribution >= 4 is 5.97 Å². The Bertz CT molecular complexity index is 147. The summed E-state index contributed by atoms with van der Waals surface area (Å²) in [5.41, 5.74) is 0. The SMILES string of the molecule is CC(CC(=O)O)N1CC1C. The summed E-state index contributed by atoms with van der Waals surface area (Å²) in [5, 5.41) is 8.42. The van der Waals surface area contributed by atoms with Gasteiger partial charge in [0.1, 0.15) is 0 Å². The second-order valence-electron chi connectivity index (χ2n) is 2.99. The predicted molar refractivity (Wildman–Crippen MR) is 37.9 cm³/mol. The van der Waals surface area contributed by atoms with Crippen molar-refractivity contribution in [2.75, 3.05) is 6.54 Å². The van der Waals surface area contributed by atoms with Gasteiger partial charge in [-0.3, -0.25) is 9.69 Å². The van der Waals surface area contributed by atoms with Gasteiger partial charge in [-0.1, -0.05) is 0 Å². The lowest BCUT2D eigenvalue weighted by Gasteiger charge is -2.08. The van der Waals surface area contributed by atoms with Crippen molar-refractivity contribution in [1.29, 1.82) is 0 Å². The molecule has 1 saturated heterocycles. The first-order valence-corrected chi connectivity index (χ1v) is 3.59. The molecule has 1 aliphatic heterocycles. The van der Waals surface area contributed by atoms with Crippen LogP contribution >= 0.6 is 0 Å². The van der Waals surface area contributed by atoms with Crippen molar-refractivity contribution < 1.29 is 9.90 Å². The van der Waals surface area contributed by atoms with Crippen molar-refractivity contribution in [2.45, 2.75) is 32.4 Å². The van der Waals surface area contributed by atoms with Crippen LogP contribution in [0.3, 0.4) is 0 Å². The molecule has 58 valence electrons. The molecule has 1 rings (SSSR count). The number of hydrogen-bond donors (Lipinski definition) is 1. The molecule has 3 heteroatoms. The number of nitrogens with zero attached hydrogens (tertiary/aromatic N) is 1. The minimum absolute atomic E-state index is 0.215. The van der Waals surface area contributed by atoms with Crippen LogP contribution < -0.4 is 0 Å². The molecule has 3 atom stereocenters. The Kier molecular flexibility index (Phi) is 1.94. The van der Waals surface area contributed by atoms with E-state index in [0.717, 1.165) is 6.54 Å². The maximum absolute atomic E-state index is 10.2. The van der Waals surface area contributed by atoms with E-state index in [9.17, 15) is 4.79 Å². The zero-order chi connectivity index (χ0) is 7.72. The Balaban J connectivity index is 2.22. The van der Waals surface area contributed by atoms with Crippen LogP contribution in [0.4, 0.5) is 0 Å². The van der Waals surface area contributed by atoms with E-state index in [4.69, 9.17) is 5.11 Å². The minimum atomic E-state index is -0.702. The van der Waals surface area contributed by atoms with Gasteiger partial charge in [0.15, 0.2) is 0 Å². The summed E-state index contributed by atoms with van der Waals surface area (Å²) >= 11 is 0. The molecule has 0 bridgehead atoms. The highest BCUT2D eigenvalue weighted by Gasteiger charge is 2.34. The number of carboxylic acids is 1. The van der Waals surface area contributed by atoms with Gasteiger partial charge in [-0.25, -0.2) is 0 Å². The molecule has 0 spiro atoms. The Morgan fingerprint density at radius 3 is 2.70 bits per heavy atom. The van der Waals surface area contributed by atoms with Crippen molar-refractivity contribution in [3.63, 3.8) is 0 Å². The lowest BCUT2D eigenvalue weighted by Crippen LogP contribution is -2.19. The van der Waals surface area contributed by atoms with Gasteiger partial charge in [-0.15, -0.1) is 0 Å². The molecular formula is C7H13NO2. The quantitative estimate of drug-likeness (QED) is 0.586. The molecule has 1 N–H and O–H groups in total. The van der Waals surface area contributed by atoms with Gasteiger partial charge in [0, 0.05) is 18.6 Å². The number of rotatable bonds is 3. The van der Waals surface area contributed by atoms with E-state index in [0.29, 0.717) is 6.04 Å². The van der Waals surface area contributed by atoms with Crippen molar-refractivity contribution in [2.24, 2.45) is 0 Å². The third kappa shape index (κ3) is 1.70. The lowest BCUT2D eigenvalue weighted by molar-refractivity contribution is -0.137. The third-order valence-electron chi connectivity index (χ3n) is 1.94. The predicted octanol–water partition coefficient (Wildman–Crippen LogP) is 0.554. The first-order valence-electron chi connectivity index (χ1n) is 3.59. The first-order chi connectivity index (χ1) is 4.61. The molecule has 10 heavy (non-hydrogen) atoms. The van der Waals surface area contributed by atoms with Gasteiger partial charge < -0.3 is 5.11 Å². The molecule has 1 aliphatic rings. The van der Waals surface area contributed by atoms with Crippen LogP contribution in [0, 0.1) is 0 Å². The second-order valence-corrected chi connectivity index (χ2v) is 2.99. The molecule has 1 fully saturated rings. The summed E-state index contributed by atoms with van der Waals surface area (Å²) < 4.78 is 0. The molecule has 0 aromatic rings. The van der Waals surface area contributed by atoms with E-state index in [1.54, 1.807) is 0 Å². The fourth-order valence-electron chi connectivity index (χ4n) is 1.24. The van der Waals surface area contributed by atoms with E-state index >= 15 is 0 Å². The van der Waals surface area contributed by atoms with Crippen molar-refractivity contribution in [1.82, 2.24) is 4.90 Å². The molecule has 0 saturated carbocycles. The minimum Gasteiger partial charge on any atom is -0.481 e. The summed E-state index contributed by atoms with van der Waals surface area (Å²) in [4.78, 5) is 12.4. The summed E-state index contributed by atoms with van der Waals surface area (Å²) in [5.74, 6) is -0.702. The Morgan fingerprint density at radius 1 is 1.90 bits per heavy atom. The zero-order valence-corrected chi connectivity index (χ0v) is 6.37. The van der Waals surface area contributed by atoms with Crippen LogP contribution in [0.25, 0.3) is 0 Å². The first kappa shape index (κ1) is 7.54. The van der Waals surface area contributed by atoms with Gasteiger partial charge in [0.2, 0.25) is 0 Å². The fraction of sp³-hybridized carbons (Fsp3) is 0.857. The van der Waals surface area contributed by atoms with Crippen LogP contribution in [-0.4, -0.2) is 34.6 Å². The van der Waals surface area contributed by atoms with Gasteiger partial charge in [-0.05, 0) is 13.8 Å². The molecule has 0 radical (unpaired) electrons. The number of aliphatic carboxylic acids is 1. The van der Waals surface area contributed by atoms with E-state index in [2.05, 4.69) is 11.8 Å². The number of carbonyl (C=O) groups is 1. The monoisotopic (exact) mass is 143 g/mol. The molecule has 0 amide bonds. The van der Waals surface area contributed by atoms with Crippen LogP contribution in [0.5, 0.6) is 0 Å². The maximum atomic E-state index is 10.2.